The van der Waals surface area contributed by atoms with Crippen molar-refractivity contribution in [2.75, 3.05) is 4.90 Å². The third kappa shape index (κ3) is 4.53. The van der Waals surface area contributed by atoms with Gasteiger partial charge in [-0.3, -0.25) is 14.5 Å². The maximum atomic E-state index is 13.4. The van der Waals surface area contributed by atoms with Crippen LogP contribution in [0.1, 0.15) is 34.1 Å². The Labute approximate surface area is 232 Å². The van der Waals surface area contributed by atoms with Crippen LogP contribution in [0.4, 0.5) is 5.13 Å². The highest BCUT2D eigenvalue weighted by atomic mass is 32.2. The van der Waals surface area contributed by atoms with Crippen LogP contribution in [0.2, 0.25) is 0 Å². The molecule has 2 aromatic heterocycles. The Bertz CT molecular complexity index is 1750. The lowest BCUT2D eigenvalue weighted by Gasteiger charge is -2.20. The molecule has 1 saturated heterocycles. The second-order valence-electron chi connectivity index (χ2n) is 9.28. The Balaban J connectivity index is 1.36. The number of fused-ring (bicyclic) bond motifs is 1. The molecule has 6 rings (SSSR count). The molecule has 0 aliphatic carbocycles. The van der Waals surface area contributed by atoms with E-state index >= 15 is 0 Å². The molecule has 7 nitrogen and oxygen atoms in total. The van der Waals surface area contributed by atoms with Crippen LogP contribution in [0.3, 0.4) is 0 Å². The van der Waals surface area contributed by atoms with Crippen LogP contribution >= 0.6 is 23.1 Å². The largest absolute Gasteiger partial charge is 0.507 e. The summed E-state index contributed by atoms with van der Waals surface area (Å²) in [4.78, 5) is 28.0. The van der Waals surface area contributed by atoms with Gasteiger partial charge < -0.3 is 9.52 Å². The van der Waals surface area contributed by atoms with Gasteiger partial charge in [-0.15, -0.1) is 10.2 Å². The Morgan fingerprint density at radius 1 is 1.03 bits per heavy atom. The van der Waals surface area contributed by atoms with Crippen LogP contribution in [0.25, 0.3) is 16.5 Å². The molecule has 5 aromatic rings. The second-order valence-corrected chi connectivity index (χ2v) is 11.5. The van der Waals surface area contributed by atoms with E-state index < -0.39 is 17.7 Å². The van der Waals surface area contributed by atoms with Gasteiger partial charge in [-0.05, 0) is 53.9 Å². The summed E-state index contributed by atoms with van der Waals surface area (Å²) >= 11 is 2.74. The van der Waals surface area contributed by atoms with Crippen molar-refractivity contribution in [1.29, 1.82) is 0 Å². The zero-order valence-electron chi connectivity index (χ0n) is 21.1. The predicted octanol–water partition coefficient (Wildman–Crippen LogP) is 6.82. The molecule has 1 N–H and O–H groups in total. The molecule has 1 amide bonds. The molecule has 0 spiro atoms. The number of nitrogens with zero attached hydrogens (tertiary/aromatic N) is 3. The Morgan fingerprint density at radius 2 is 1.85 bits per heavy atom. The summed E-state index contributed by atoms with van der Waals surface area (Å²) in [5.74, 6) is -0.807. The number of aliphatic hydroxyl groups excluding tert-OH is 1. The first kappa shape index (κ1) is 25.1. The van der Waals surface area contributed by atoms with Gasteiger partial charge in [0.1, 0.15) is 17.6 Å². The average Bonchev–Trinajstić information content (AvgIpc) is 3.69. The molecule has 1 atom stereocenters. The summed E-state index contributed by atoms with van der Waals surface area (Å²) in [5.41, 5.74) is 3.32. The molecule has 194 valence electrons. The number of hydrogen-bond acceptors (Lipinski definition) is 8. The number of hydrogen-bond donors (Lipinski definition) is 1. The molecule has 1 aliphatic heterocycles. The van der Waals surface area contributed by atoms with E-state index in [1.165, 1.54) is 50.6 Å². The number of benzene rings is 3. The van der Waals surface area contributed by atoms with Crippen LogP contribution in [0.5, 0.6) is 0 Å². The van der Waals surface area contributed by atoms with Crippen molar-refractivity contribution in [1.82, 2.24) is 10.2 Å². The molecule has 1 unspecified atom stereocenters. The van der Waals surface area contributed by atoms with E-state index in [-0.39, 0.29) is 16.5 Å². The predicted molar refractivity (Wildman–Crippen MR) is 153 cm³/mol. The maximum absolute atomic E-state index is 13.4. The van der Waals surface area contributed by atoms with Gasteiger partial charge in [0.05, 0.1) is 11.8 Å². The van der Waals surface area contributed by atoms with Crippen molar-refractivity contribution in [2.45, 2.75) is 30.0 Å². The van der Waals surface area contributed by atoms with Crippen molar-refractivity contribution < 1.29 is 19.1 Å². The number of aromatic nitrogens is 2. The monoisotopic (exact) mass is 553 g/mol. The van der Waals surface area contributed by atoms with E-state index in [0.717, 1.165) is 11.1 Å². The number of carbonyl (C=O) groups is 2. The SMILES string of the molecule is Cc1ccc(C)c(C(O)=C2C(=O)C(=O)N(c3nnc(SCc4cccc5ccccc45)s3)C2c2ccco2)c1. The van der Waals surface area contributed by atoms with Crippen LogP contribution in [-0.2, 0) is 15.3 Å². The fraction of sp³-hybridized carbons (Fsp3) is 0.133. The first-order chi connectivity index (χ1) is 18.9. The van der Waals surface area contributed by atoms with E-state index in [2.05, 4.69) is 34.5 Å². The third-order valence-corrected chi connectivity index (χ3v) is 8.84. The molecule has 0 saturated carbocycles. The number of anilines is 1. The van der Waals surface area contributed by atoms with Crippen LogP contribution in [-0.4, -0.2) is 27.0 Å². The quantitative estimate of drug-likeness (QED) is 0.0810. The number of carbonyl (C=O) groups excluding carboxylic acids is 2. The fourth-order valence-electron chi connectivity index (χ4n) is 4.80. The molecule has 3 heterocycles. The molecule has 0 bridgehead atoms. The molecule has 1 aliphatic rings. The molecular formula is C30H23N3O4S2. The topological polar surface area (TPSA) is 96.5 Å². The van der Waals surface area contributed by atoms with Crippen LogP contribution < -0.4 is 4.90 Å². The van der Waals surface area contributed by atoms with E-state index in [4.69, 9.17) is 4.42 Å². The molecule has 0 radical (unpaired) electrons. The number of thioether (sulfide) groups is 1. The van der Waals surface area contributed by atoms with E-state index in [1.54, 1.807) is 18.2 Å². The van der Waals surface area contributed by atoms with Gasteiger partial charge in [-0.2, -0.15) is 0 Å². The molecule has 1 fully saturated rings. The minimum absolute atomic E-state index is 0.0381. The maximum Gasteiger partial charge on any atom is 0.302 e. The first-order valence-electron chi connectivity index (χ1n) is 12.3. The number of Topliss-reactive ketones (excluding diaryl/α,β-unsaturated/α-hetero) is 1. The van der Waals surface area contributed by atoms with Gasteiger partial charge in [-0.1, -0.05) is 83.3 Å². The molecule has 3 aromatic carbocycles. The Morgan fingerprint density at radius 3 is 2.67 bits per heavy atom. The van der Waals surface area contributed by atoms with Gasteiger partial charge in [0, 0.05) is 11.3 Å². The second kappa shape index (κ2) is 10.2. The number of amides is 1. The fourth-order valence-corrected chi connectivity index (χ4v) is 6.67. The van der Waals surface area contributed by atoms with Crippen LogP contribution in [0, 0.1) is 13.8 Å². The summed E-state index contributed by atoms with van der Waals surface area (Å²) in [6.07, 6.45) is 1.47. The summed E-state index contributed by atoms with van der Waals surface area (Å²) in [6, 6.07) is 22.4. The standard InChI is InChI=1S/C30H23N3O4S2/c1-17-12-13-18(2)22(15-17)26(34)24-25(23-11-6-14-37-23)33(28(36)27(24)35)29-31-32-30(39-29)38-16-20-9-5-8-19-7-3-4-10-21(19)20/h3-15,25,34H,16H2,1-2H3. The lowest BCUT2D eigenvalue weighted by molar-refractivity contribution is -0.132. The van der Waals surface area contributed by atoms with Gasteiger partial charge in [0.25, 0.3) is 5.78 Å². The number of rotatable bonds is 6. The van der Waals surface area contributed by atoms with Crippen molar-refractivity contribution >= 4 is 56.5 Å². The van der Waals surface area contributed by atoms with Crippen molar-refractivity contribution in [3.8, 4) is 0 Å². The third-order valence-electron chi connectivity index (χ3n) is 6.74. The summed E-state index contributed by atoms with van der Waals surface area (Å²) in [5, 5.41) is 22.5. The first-order valence-corrected chi connectivity index (χ1v) is 14.1. The van der Waals surface area contributed by atoms with Crippen molar-refractivity contribution in [2.24, 2.45) is 0 Å². The van der Waals surface area contributed by atoms with Gasteiger partial charge in [-0.25, -0.2) is 0 Å². The van der Waals surface area contributed by atoms with E-state index in [9.17, 15) is 14.7 Å². The van der Waals surface area contributed by atoms with Crippen molar-refractivity contribution in [3.05, 3.63) is 113 Å². The number of aryl methyl sites for hydroxylation is 2. The highest BCUT2D eigenvalue weighted by Crippen LogP contribution is 2.44. The lowest BCUT2D eigenvalue weighted by atomic mass is 9.96. The minimum atomic E-state index is -0.969. The van der Waals surface area contributed by atoms with E-state index in [0.29, 0.717) is 21.4 Å². The van der Waals surface area contributed by atoms with Crippen LogP contribution in [0.15, 0.2) is 93.4 Å². The molecule has 9 heteroatoms. The Hall–Kier alpha value is -4.21. The van der Waals surface area contributed by atoms with Gasteiger partial charge in [0.15, 0.2) is 4.34 Å². The molecule has 39 heavy (non-hydrogen) atoms. The highest BCUT2D eigenvalue weighted by molar-refractivity contribution is 8.00. The zero-order chi connectivity index (χ0) is 27.1. The Kier molecular flexibility index (Phi) is 6.54. The summed E-state index contributed by atoms with van der Waals surface area (Å²) in [6.45, 7) is 3.74. The summed E-state index contributed by atoms with van der Waals surface area (Å²) < 4.78 is 6.31. The lowest BCUT2D eigenvalue weighted by Crippen LogP contribution is -2.29. The minimum Gasteiger partial charge on any atom is -0.507 e. The smallest absolute Gasteiger partial charge is 0.302 e. The van der Waals surface area contributed by atoms with Crippen molar-refractivity contribution in [3.63, 3.8) is 0 Å². The normalized spacial score (nSPS) is 16.9. The average molecular weight is 554 g/mol. The summed E-state index contributed by atoms with van der Waals surface area (Å²) in [7, 11) is 0. The number of furan rings is 1. The van der Waals surface area contributed by atoms with Gasteiger partial charge >= 0.3 is 5.91 Å². The van der Waals surface area contributed by atoms with E-state index in [1.807, 2.05) is 44.2 Å². The number of ketones is 1. The van der Waals surface area contributed by atoms with Gasteiger partial charge in [0.2, 0.25) is 5.13 Å². The zero-order valence-corrected chi connectivity index (χ0v) is 22.8. The number of aliphatic hydroxyl groups is 1. The molecular weight excluding hydrogens is 530 g/mol. The highest BCUT2D eigenvalue weighted by Gasteiger charge is 2.49.